The van der Waals surface area contributed by atoms with Crippen LogP contribution in [-0.2, 0) is 6.54 Å². The Morgan fingerprint density at radius 1 is 0.810 bits per heavy atom. The molecule has 0 heterocycles. The van der Waals surface area contributed by atoms with Gasteiger partial charge in [0.1, 0.15) is 0 Å². The summed E-state index contributed by atoms with van der Waals surface area (Å²) in [4.78, 5) is 0. The predicted molar refractivity (Wildman–Crippen MR) is 89.2 cm³/mol. The van der Waals surface area contributed by atoms with Crippen molar-refractivity contribution in [3.63, 3.8) is 0 Å². The summed E-state index contributed by atoms with van der Waals surface area (Å²) in [7, 11) is 0. The van der Waals surface area contributed by atoms with E-state index >= 15 is 0 Å². The lowest BCUT2D eigenvalue weighted by Gasteiger charge is -2.08. The van der Waals surface area contributed by atoms with E-state index in [1.807, 2.05) is 0 Å². The van der Waals surface area contributed by atoms with Crippen molar-refractivity contribution in [3.8, 4) is 11.1 Å². The van der Waals surface area contributed by atoms with Gasteiger partial charge in [-0.2, -0.15) is 0 Å². The maximum Gasteiger partial charge on any atom is 0.0208 e. The Morgan fingerprint density at radius 2 is 1.57 bits per heavy atom. The molecule has 21 heavy (non-hydrogen) atoms. The molecule has 1 N–H and O–H groups in total. The molecule has 0 aliphatic heterocycles. The quantitative estimate of drug-likeness (QED) is 0.722. The van der Waals surface area contributed by atoms with Crippen molar-refractivity contribution in [2.24, 2.45) is 0 Å². The summed E-state index contributed by atoms with van der Waals surface area (Å²) >= 11 is 0. The van der Waals surface area contributed by atoms with Gasteiger partial charge < -0.3 is 5.32 Å². The van der Waals surface area contributed by atoms with Crippen LogP contribution in [0.15, 0.2) is 66.7 Å². The molecule has 1 aliphatic carbocycles. The van der Waals surface area contributed by atoms with Gasteiger partial charge in [0.05, 0.1) is 0 Å². The van der Waals surface area contributed by atoms with Crippen LogP contribution in [0.3, 0.4) is 0 Å². The van der Waals surface area contributed by atoms with Crippen LogP contribution in [-0.4, -0.2) is 6.04 Å². The third-order valence-corrected chi connectivity index (χ3v) is 4.23. The summed E-state index contributed by atoms with van der Waals surface area (Å²) in [6, 6.07) is 24.8. The van der Waals surface area contributed by atoms with Crippen molar-refractivity contribution in [1.29, 1.82) is 0 Å². The van der Waals surface area contributed by atoms with E-state index in [9.17, 15) is 0 Å². The summed E-state index contributed by atoms with van der Waals surface area (Å²) < 4.78 is 0. The predicted octanol–water partition coefficient (Wildman–Crippen LogP) is 4.76. The highest BCUT2D eigenvalue weighted by Gasteiger charge is 2.19. The largest absolute Gasteiger partial charge is 0.310 e. The van der Waals surface area contributed by atoms with Crippen molar-refractivity contribution < 1.29 is 0 Å². The van der Waals surface area contributed by atoms with Gasteiger partial charge in [0.2, 0.25) is 0 Å². The normalized spacial score (nSPS) is 14.5. The minimum atomic E-state index is 0.766. The molecule has 1 heteroatoms. The molecule has 1 aliphatic rings. The minimum absolute atomic E-state index is 0.766. The molecular weight excluding hydrogens is 254 g/mol. The molecule has 0 spiro atoms. The highest BCUT2D eigenvalue weighted by atomic mass is 14.9. The standard InChI is InChI=1S/C20H19N/c1-2-6-19-16(4-1)5-3-7-20(19)17-10-8-15(9-11-17)14-21-18-12-13-18/h1-11,18,21H,12-14H2. The highest BCUT2D eigenvalue weighted by Crippen LogP contribution is 2.28. The van der Waals surface area contributed by atoms with Crippen molar-refractivity contribution in [2.75, 3.05) is 0 Å². The van der Waals surface area contributed by atoms with E-state index in [0.29, 0.717) is 0 Å². The molecule has 4 rings (SSSR count). The fourth-order valence-corrected chi connectivity index (χ4v) is 2.83. The van der Waals surface area contributed by atoms with Crippen LogP contribution in [0.5, 0.6) is 0 Å². The molecule has 104 valence electrons. The summed E-state index contributed by atoms with van der Waals surface area (Å²) in [6.45, 7) is 0.987. The Bertz CT molecular complexity index is 749. The van der Waals surface area contributed by atoms with Gasteiger partial charge in [-0.15, -0.1) is 0 Å². The number of benzene rings is 3. The molecule has 0 saturated heterocycles. The molecule has 1 fully saturated rings. The van der Waals surface area contributed by atoms with E-state index in [2.05, 4.69) is 72.0 Å². The number of nitrogens with one attached hydrogen (secondary N) is 1. The average Bonchev–Trinajstić information content (AvgIpc) is 3.37. The van der Waals surface area contributed by atoms with Crippen molar-refractivity contribution >= 4 is 10.8 Å². The van der Waals surface area contributed by atoms with Crippen molar-refractivity contribution in [2.45, 2.75) is 25.4 Å². The van der Waals surface area contributed by atoms with Crippen LogP contribution < -0.4 is 5.32 Å². The molecule has 1 saturated carbocycles. The second kappa shape index (κ2) is 5.34. The van der Waals surface area contributed by atoms with Gasteiger partial charge in [-0.25, -0.2) is 0 Å². The van der Waals surface area contributed by atoms with Gasteiger partial charge in [0, 0.05) is 12.6 Å². The molecule has 3 aromatic rings. The smallest absolute Gasteiger partial charge is 0.0208 e. The summed E-state index contributed by atoms with van der Waals surface area (Å²) in [5.41, 5.74) is 3.97. The third kappa shape index (κ3) is 2.70. The fraction of sp³-hybridized carbons (Fsp3) is 0.200. The molecule has 3 aromatic carbocycles. The molecule has 0 atom stereocenters. The van der Waals surface area contributed by atoms with Gasteiger partial charge in [0.15, 0.2) is 0 Å². The molecule has 0 bridgehead atoms. The summed E-state index contributed by atoms with van der Waals surface area (Å²) in [5, 5.41) is 6.19. The Kier molecular flexibility index (Phi) is 3.21. The van der Waals surface area contributed by atoms with Crippen LogP contribution in [0.25, 0.3) is 21.9 Å². The lowest BCUT2D eigenvalue weighted by Crippen LogP contribution is -2.14. The van der Waals surface area contributed by atoms with E-state index in [1.165, 1.54) is 40.3 Å². The highest BCUT2D eigenvalue weighted by molar-refractivity contribution is 5.96. The average molecular weight is 273 g/mol. The van der Waals surface area contributed by atoms with E-state index in [0.717, 1.165) is 12.6 Å². The zero-order chi connectivity index (χ0) is 14.1. The number of hydrogen-bond donors (Lipinski definition) is 1. The first-order chi connectivity index (χ1) is 10.4. The Balaban J connectivity index is 1.65. The first-order valence-corrected chi connectivity index (χ1v) is 7.71. The maximum absolute atomic E-state index is 3.56. The second-order valence-corrected chi connectivity index (χ2v) is 5.88. The first kappa shape index (κ1) is 12.6. The van der Waals surface area contributed by atoms with Gasteiger partial charge in [-0.05, 0) is 40.3 Å². The van der Waals surface area contributed by atoms with Crippen LogP contribution >= 0.6 is 0 Å². The van der Waals surface area contributed by atoms with Crippen molar-refractivity contribution in [1.82, 2.24) is 5.32 Å². The maximum atomic E-state index is 3.56. The van der Waals surface area contributed by atoms with E-state index in [4.69, 9.17) is 0 Å². The van der Waals surface area contributed by atoms with E-state index in [-0.39, 0.29) is 0 Å². The Hall–Kier alpha value is -2.12. The van der Waals surface area contributed by atoms with Crippen molar-refractivity contribution in [3.05, 3.63) is 72.3 Å². The van der Waals surface area contributed by atoms with Crippen LogP contribution in [0.4, 0.5) is 0 Å². The molecule has 1 nitrogen and oxygen atoms in total. The second-order valence-electron chi connectivity index (χ2n) is 5.88. The SMILES string of the molecule is c1ccc2c(-c3ccc(CNC4CC4)cc3)cccc2c1. The molecule has 0 radical (unpaired) electrons. The summed E-state index contributed by atoms with van der Waals surface area (Å²) in [5.74, 6) is 0. The third-order valence-electron chi connectivity index (χ3n) is 4.23. The van der Waals surface area contributed by atoms with Gasteiger partial charge in [-0.1, -0.05) is 66.7 Å². The van der Waals surface area contributed by atoms with Crippen LogP contribution in [0, 0.1) is 0 Å². The summed E-state index contributed by atoms with van der Waals surface area (Å²) in [6.07, 6.45) is 2.68. The van der Waals surface area contributed by atoms with Crippen LogP contribution in [0.1, 0.15) is 18.4 Å². The molecular formula is C20H19N. The van der Waals surface area contributed by atoms with Gasteiger partial charge in [-0.3, -0.25) is 0 Å². The monoisotopic (exact) mass is 273 g/mol. The minimum Gasteiger partial charge on any atom is -0.310 e. The topological polar surface area (TPSA) is 12.0 Å². The Labute approximate surface area is 125 Å². The van der Waals surface area contributed by atoms with Crippen LogP contribution in [0.2, 0.25) is 0 Å². The van der Waals surface area contributed by atoms with Gasteiger partial charge in [0.25, 0.3) is 0 Å². The zero-order valence-electron chi connectivity index (χ0n) is 12.0. The number of rotatable bonds is 4. The first-order valence-electron chi connectivity index (χ1n) is 7.71. The number of fused-ring (bicyclic) bond motifs is 1. The molecule has 0 unspecified atom stereocenters. The zero-order valence-corrected chi connectivity index (χ0v) is 12.0. The molecule has 0 amide bonds. The molecule has 0 aromatic heterocycles. The fourth-order valence-electron chi connectivity index (χ4n) is 2.83. The van der Waals surface area contributed by atoms with E-state index in [1.54, 1.807) is 0 Å². The van der Waals surface area contributed by atoms with Gasteiger partial charge >= 0.3 is 0 Å². The van der Waals surface area contributed by atoms with E-state index < -0.39 is 0 Å². The Morgan fingerprint density at radius 3 is 2.38 bits per heavy atom. The lowest BCUT2D eigenvalue weighted by molar-refractivity contribution is 0.688. The lowest BCUT2D eigenvalue weighted by atomic mass is 9.97. The number of hydrogen-bond acceptors (Lipinski definition) is 1.